The van der Waals surface area contributed by atoms with E-state index < -0.39 is 27.4 Å². The van der Waals surface area contributed by atoms with Crippen molar-refractivity contribution in [2.24, 2.45) is 5.92 Å². The summed E-state index contributed by atoms with van der Waals surface area (Å²) < 4.78 is 24.7. The van der Waals surface area contributed by atoms with Gasteiger partial charge in [0.15, 0.2) is 0 Å². The molecule has 0 aromatic heterocycles. The summed E-state index contributed by atoms with van der Waals surface area (Å²) in [4.78, 5) is 23.5. The number of nitrogens with one attached hydrogen (secondary N) is 1. The van der Waals surface area contributed by atoms with Crippen LogP contribution in [0.5, 0.6) is 0 Å². The Kier molecular flexibility index (Phi) is 5.11. The molecular weight excluding hydrogens is 308 g/mol. The maximum atomic E-state index is 12.1. The molecule has 1 aliphatic carbocycles. The number of aliphatic carboxylic acids is 1. The lowest BCUT2D eigenvalue weighted by atomic mass is 9.74. The van der Waals surface area contributed by atoms with Crippen molar-refractivity contribution >= 4 is 21.9 Å². The van der Waals surface area contributed by atoms with Crippen LogP contribution >= 0.6 is 0 Å². The van der Waals surface area contributed by atoms with Crippen molar-refractivity contribution in [1.82, 2.24) is 9.62 Å². The first-order chi connectivity index (χ1) is 10.2. The molecule has 2 unspecified atom stereocenters. The van der Waals surface area contributed by atoms with Crippen molar-refractivity contribution in [2.75, 3.05) is 18.8 Å². The van der Waals surface area contributed by atoms with E-state index in [4.69, 9.17) is 0 Å². The molecule has 2 N–H and O–H groups in total. The Morgan fingerprint density at radius 2 is 2.05 bits per heavy atom. The number of carbonyl (C=O) groups excluding carboxylic acids is 1. The van der Waals surface area contributed by atoms with E-state index in [9.17, 15) is 23.1 Å². The minimum atomic E-state index is -3.20. The molecule has 2 atom stereocenters. The number of amides is 1. The third kappa shape index (κ3) is 3.78. The first-order valence-electron chi connectivity index (χ1n) is 7.76. The van der Waals surface area contributed by atoms with Gasteiger partial charge in [-0.15, -0.1) is 0 Å². The molecule has 1 aliphatic heterocycles. The second-order valence-electron chi connectivity index (χ2n) is 6.42. The predicted octanol–water partition coefficient (Wildman–Crippen LogP) is 0.562. The molecule has 2 aliphatic rings. The summed E-state index contributed by atoms with van der Waals surface area (Å²) >= 11 is 0. The lowest BCUT2D eigenvalue weighted by Gasteiger charge is -2.40. The van der Waals surface area contributed by atoms with Crippen LogP contribution in [0.1, 0.15) is 45.4 Å². The molecule has 1 saturated heterocycles. The Morgan fingerprint density at radius 3 is 2.64 bits per heavy atom. The zero-order valence-electron chi connectivity index (χ0n) is 12.9. The van der Waals surface area contributed by atoms with Crippen molar-refractivity contribution in [3.05, 3.63) is 0 Å². The van der Waals surface area contributed by atoms with Gasteiger partial charge in [0.25, 0.3) is 0 Å². The van der Waals surface area contributed by atoms with Gasteiger partial charge in [-0.3, -0.25) is 9.59 Å². The summed E-state index contributed by atoms with van der Waals surface area (Å²) in [5.41, 5.74) is -0.745. The fraction of sp³-hybridized carbons (Fsp3) is 0.857. The van der Waals surface area contributed by atoms with Gasteiger partial charge >= 0.3 is 5.97 Å². The van der Waals surface area contributed by atoms with Crippen LogP contribution in [0.4, 0.5) is 0 Å². The van der Waals surface area contributed by atoms with E-state index in [1.165, 1.54) is 4.31 Å². The van der Waals surface area contributed by atoms with Crippen LogP contribution in [0.3, 0.4) is 0 Å². The molecule has 1 saturated carbocycles. The standard InChI is InChI=1S/C14H24N2O5S/c1-14(7-3-2-5-11(14)13(18)19)15-12(17)6-9-16-8-4-10-22(16,20)21/h11H,2-10H2,1H3,(H,15,17)(H,18,19). The Labute approximate surface area is 131 Å². The smallest absolute Gasteiger partial charge is 0.308 e. The molecule has 8 heteroatoms. The fourth-order valence-corrected chi connectivity index (χ4v) is 4.96. The summed E-state index contributed by atoms with van der Waals surface area (Å²) in [7, 11) is -3.20. The summed E-state index contributed by atoms with van der Waals surface area (Å²) in [5.74, 6) is -1.60. The number of hydrogen-bond acceptors (Lipinski definition) is 4. The SMILES string of the molecule is CC1(NC(=O)CCN2CCCS2(=O)=O)CCCCC1C(=O)O. The largest absolute Gasteiger partial charge is 0.481 e. The van der Waals surface area contributed by atoms with Crippen molar-refractivity contribution in [1.29, 1.82) is 0 Å². The fourth-order valence-electron chi connectivity index (χ4n) is 3.43. The van der Waals surface area contributed by atoms with Gasteiger partial charge in [0.2, 0.25) is 15.9 Å². The number of hydrogen-bond donors (Lipinski definition) is 2. The summed E-state index contributed by atoms with van der Waals surface area (Å²) in [5, 5.41) is 12.2. The topological polar surface area (TPSA) is 104 Å². The van der Waals surface area contributed by atoms with Gasteiger partial charge in [0.1, 0.15) is 0 Å². The first-order valence-corrected chi connectivity index (χ1v) is 9.37. The van der Waals surface area contributed by atoms with Gasteiger partial charge in [-0.25, -0.2) is 12.7 Å². The molecular formula is C14H24N2O5S. The first kappa shape index (κ1) is 17.2. The van der Waals surface area contributed by atoms with Crippen LogP contribution in [0, 0.1) is 5.92 Å². The van der Waals surface area contributed by atoms with E-state index in [0.717, 1.165) is 12.8 Å². The highest BCUT2D eigenvalue weighted by Crippen LogP contribution is 2.33. The molecule has 0 spiro atoms. The van der Waals surface area contributed by atoms with Crippen LogP contribution < -0.4 is 5.32 Å². The van der Waals surface area contributed by atoms with Crippen LogP contribution in [0.2, 0.25) is 0 Å². The molecule has 1 amide bonds. The third-order valence-electron chi connectivity index (χ3n) is 4.72. The Balaban J connectivity index is 1.91. The molecule has 0 aromatic carbocycles. The lowest BCUT2D eigenvalue weighted by Crippen LogP contribution is -2.55. The number of rotatable bonds is 5. The van der Waals surface area contributed by atoms with E-state index in [0.29, 0.717) is 25.8 Å². The van der Waals surface area contributed by atoms with Crippen molar-refractivity contribution in [3.8, 4) is 0 Å². The average Bonchev–Trinajstić information content (AvgIpc) is 2.75. The minimum Gasteiger partial charge on any atom is -0.481 e. The molecule has 0 bridgehead atoms. The van der Waals surface area contributed by atoms with E-state index in [1.807, 2.05) is 0 Å². The summed E-state index contributed by atoms with van der Waals surface area (Å²) in [6.07, 6.45) is 3.61. The van der Waals surface area contributed by atoms with E-state index >= 15 is 0 Å². The van der Waals surface area contributed by atoms with Crippen molar-refractivity contribution < 1.29 is 23.1 Å². The van der Waals surface area contributed by atoms with Gasteiger partial charge < -0.3 is 10.4 Å². The second kappa shape index (κ2) is 6.54. The van der Waals surface area contributed by atoms with Gasteiger partial charge in [0.05, 0.1) is 17.2 Å². The van der Waals surface area contributed by atoms with E-state index in [1.54, 1.807) is 6.92 Å². The monoisotopic (exact) mass is 332 g/mol. The maximum absolute atomic E-state index is 12.1. The maximum Gasteiger partial charge on any atom is 0.308 e. The van der Waals surface area contributed by atoms with E-state index in [2.05, 4.69) is 5.32 Å². The predicted molar refractivity (Wildman–Crippen MR) is 80.7 cm³/mol. The van der Waals surface area contributed by atoms with Crippen LogP contribution in [-0.2, 0) is 19.6 Å². The van der Waals surface area contributed by atoms with Crippen LogP contribution in [0.15, 0.2) is 0 Å². The summed E-state index contributed by atoms with van der Waals surface area (Å²) in [6.45, 7) is 2.40. The Morgan fingerprint density at radius 1 is 1.32 bits per heavy atom. The van der Waals surface area contributed by atoms with Gasteiger partial charge in [0, 0.05) is 19.5 Å². The van der Waals surface area contributed by atoms with Crippen molar-refractivity contribution in [3.63, 3.8) is 0 Å². The highest BCUT2D eigenvalue weighted by molar-refractivity contribution is 7.89. The summed E-state index contributed by atoms with van der Waals surface area (Å²) in [6, 6.07) is 0. The molecule has 126 valence electrons. The number of carboxylic acids is 1. The van der Waals surface area contributed by atoms with Gasteiger partial charge in [-0.1, -0.05) is 12.8 Å². The highest BCUT2D eigenvalue weighted by Gasteiger charge is 2.42. The average molecular weight is 332 g/mol. The number of carbonyl (C=O) groups is 2. The molecule has 2 rings (SSSR count). The lowest BCUT2D eigenvalue weighted by molar-refractivity contribution is -0.146. The molecule has 2 fully saturated rings. The zero-order chi connectivity index (χ0) is 16.4. The molecule has 1 heterocycles. The number of carboxylic acid groups (broad SMARTS) is 1. The second-order valence-corrected chi connectivity index (χ2v) is 8.51. The van der Waals surface area contributed by atoms with Crippen molar-refractivity contribution in [2.45, 2.75) is 51.0 Å². The minimum absolute atomic E-state index is 0.0706. The third-order valence-corrected chi connectivity index (χ3v) is 6.68. The normalized spacial score (nSPS) is 31.8. The number of nitrogens with zero attached hydrogens (tertiary/aromatic N) is 1. The van der Waals surface area contributed by atoms with Crippen LogP contribution in [0.25, 0.3) is 0 Å². The molecule has 0 aromatic rings. The molecule has 22 heavy (non-hydrogen) atoms. The molecule has 0 radical (unpaired) electrons. The highest BCUT2D eigenvalue weighted by atomic mass is 32.2. The van der Waals surface area contributed by atoms with Crippen LogP contribution in [-0.4, -0.2) is 54.1 Å². The molecule has 7 nitrogen and oxygen atoms in total. The quantitative estimate of drug-likeness (QED) is 0.765. The Hall–Kier alpha value is -1.15. The van der Waals surface area contributed by atoms with Gasteiger partial charge in [-0.05, 0) is 26.2 Å². The zero-order valence-corrected chi connectivity index (χ0v) is 13.7. The van der Waals surface area contributed by atoms with E-state index in [-0.39, 0.29) is 24.6 Å². The Bertz CT molecular complexity index is 547. The number of sulfonamides is 1. The van der Waals surface area contributed by atoms with Gasteiger partial charge in [-0.2, -0.15) is 0 Å².